The molecule has 0 aliphatic carbocycles. The van der Waals surface area contributed by atoms with Gasteiger partial charge in [-0.25, -0.2) is 9.59 Å². The van der Waals surface area contributed by atoms with Crippen LogP contribution in [0.4, 0.5) is 4.79 Å². The Morgan fingerprint density at radius 1 is 1.29 bits per heavy atom. The highest BCUT2D eigenvalue weighted by Gasteiger charge is 2.22. The lowest BCUT2D eigenvalue weighted by atomic mass is 10.4. The number of nitrogens with one attached hydrogen (secondary N) is 1. The van der Waals surface area contributed by atoms with Crippen molar-refractivity contribution < 1.29 is 19.2 Å². The van der Waals surface area contributed by atoms with Gasteiger partial charge in [0.2, 0.25) is 3.79 Å². The highest BCUT2D eigenvalue weighted by atomic mass is 35.6. The quantitative estimate of drug-likeness (QED) is 0.483. The predicted octanol–water partition coefficient (Wildman–Crippen LogP) is 2.34. The first-order chi connectivity index (χ1) is 7.85. The third kappa shape index (κ3) is 11.4. The SMILES string of the molecule is CCC#CCC(=O)ONC(=O)OCC(Cl)(Cl)Cl. The van der Waals surface area contributed by atoms with Crippen molar-refractivity contribution in [3.8, 4) is 11.8 Å². The van der Waals surface area contributed by atoms with Crippen LogP contribution in [0.3, 0.4) is 0 Å². The van der Waals surface area contributed by atoms with Gasteiger partial charge in [-0.1, -0.05) is 47.6 Å². The molecule has 0 atom stereocenters. The van der Waals surface area contributed by atoms with E-state index in [1.54, 1.807) is 5.48 Å². The number of alkyl halides is 3. The summed E-state index contributed by atoms with van der Waals surface area (Å²) in [5.74, 6) is 4.49. The molecular formula is C9H10Cl3NO4. The third-order valence-corrected chi connectivity index (χ3v) is 1.48. The van der Waals surface area contributed by atoms with Gasteiger partial charge in [-0.3, -0.25) is 0 Å². The van der Waals surface area contributed by atoms with E-state index < -0.39 is 22.5 Å². The second-order valence-corrected chi connectivity index (χ2v) is 5.17. The summed E-state index contributed by atoms with van der Waals surface area (Å²) in [7, 11) is 0. The molecule has 0 heterocycles. The molecule has 0 radical (unpaired) electrons. The number of carbonyl (C=O) groups excluding carboxylic acids is 2. The number of halogens is 3. The van der Waals surface area contributed by atoms with Crippen molar-refractivity contribution in [2.45, 2.75) is 23.6 Å². The van der Waals surface area contributed by atoms with Crippen LogP contribution < -0.4 is 5.48 Å². The van der Waals surface area contributed by atoms with Crippen molar-refractivity contribution in [1.82, 2.24) is 5.48 Å². The summed E-state index contributed by atoms with van der Waals surface area (Å²) in [5, 5.41) is 0. The van der Waals surface area contributed by atoms with Crippen LogP contribution >= 0.6 is 34.8 Å². The first-order valence-corrected chi connectivity index (χ1v) is 5.63. The van der Waals surface area contributed by atoms with E-state index in [1.807, 2.05) is 6.92 Å². The predicted molar refractivity (Wildman–Crippen MR) is 63.5 cm³/mol. The molecule has 0 bridgehead atoms. The molecule has 8 heteroatoms. The van der Waals surface area contributed by atoms with Gasteiger partial charge in [-0.2, -0.15) is 0 Å². The van der Waals surface area contributed by atoms with Crippen LogP contribution in [0.1, 0.15) is 19.8 Å². The molecule has 0 rings (SSSR count). The van der Waals surface area contributed by atoms with Gasteiger partial charge in [0.25, 0.3) is 0 Å². The lowest BCUT2D eigenvalue weighted by molar-refractivity contribution is -0.148. The molecule has 0 fully saturated rings. The van der Waals surface area contributed by atoms with E-state index in [1.165, 1.54) is 0 Å². The van der Waals surface area contributed by atoms with E-state index in [0.29, 0.717) is 6.42 Å². The molecule has 0 aromatic rings. The van der Waals surface area contributed by atoms with Crippen LogP contribution in [0.5, 0.6) is 0 Å². The normalized spacial score (nSPS) is 9.88. The van der Waals surface area contributed by atoms with Crippen LogP contribution in [0.2, 0.25) is 0 Å². The smallest absolute Gasteiger partial charge is 0.440 e. The minimum atomic E-state index is -1.71. The Morgan fingerprint density at radius 2 is 1.94 bits per heavy atom. The summed E-state index contributed by atoms with van der Waals surface area (Å²) < 4.78 is 2.71. The fourth-order valence-corrected chi connectivity index (χ4v) is 0.735. The van der Waals surface area contributed by atoms with Crippen LogP contribution in [0, 0.1) is 11.8 Å². The Balaban J connectivity index is 3.73. The zero-order valence-corrected chi connectivity index (χ0v) is 11.2. The first-order valence-electron chi connectivity index (χ1n) is 4.50. The Kier molecular flexibility index (Phi) is 7.88. The van der Waals surface area contributed by atoms with Gasteiger partial charge >= 0.3 is 12.1 Å². The van der Waals surface area contributed by atoms with Crippen LogP contribution in [-0.4, -0.2) is 22.5 Å². The number of hydroxylamine groups is 1. The first kappa shape index (κ1) is 16.2. The van der Waals surface area contributed by atoms with Gasteiger partial charge in [0.15, 0.2) is 0 Å². The number of ether oxygens (including phenoxy) is 1. The summed E-state index contributed by atoms with van der Waals surface area (Å²) in [5.41, 5.74) is 1.73. The zero-order valence-electron chi connectivity index (χ0n) is 8.89. The van der Waals surface area contributed by atoms with E-state index in [0.717, 1.165) is 0 Å². The fourth-order valence-electron chi connectivity index (χ4n) is 0.571. The largest absolute Gasteiger partial charge is 0.443 e. The average Bonchev–Trinajstić information content (AvgIpc) is 2.23. The Hall–Kier alpha value is -0.830. The summed E-state index contributed by atoms with van der Waals surface area (Å²) in [6.07, 6.45) is -0.530. The molecule has 96 valence electrons. The summed E-state index contributed by atoms with van der Waals surface area (Å²) in [4.78, 5) is 26.2. The third-order valence-electron chi connectivity index (χ3n) is 1.15. The van der Waals surface area contributed by atoms with Crippen molar-refractivity contribution >= 4 is 46.9 Å². The van der Waals surface area contributed by atoms with Gasteiger partial charge in [-0.15, -0.1) is 11.4 Å². The van der Waals surface area contributed by atoms with Gasteiger partial charge < -0.3 is 9.57 Å². The van der Waals surface area contributed by atoms with E-state index in [9.17, 15) is 9.59 Å². The van der Waals surface area contributed by atoms with Crippen molar-refractivity contribution in [3.05, 3.63) is 0 Å². The Bertz CT molecular complexity index is 329. The maximum atomic E-state index is 11.0. The van der Waals surface area contributed by atoms with Crippen molar-refractivity contribution in [3.63, 3.8) is 0 Å². The number of amides is 1. The van der Waals surface area contributed by atoms with Gasteiger partial charge in [0.1, 0.15) is 13.0 Å². The van der Waals surface area contributed by atoms with E-state index in [4.69, 9.17) is 34.8 Å². The van der Waals surface area contributed by atoms with Crippen molar-refractivity contribution in [2.24, 2.45) is 0 Å². The monoisotopic (exact) mass is 301 g/mol. The second kappa shape index (κ2) is 8.29. The molecule has 0 saturated carbocycles. The minimum Gasteiger partial charge on any atom is -0.443 e. The number of carbonyl (C=O) groups is 2. The molecule has 1 amide bonds. The molecular weight excluding hydrogens is 292 g/mol. The molecule has 0 saturated heterocycles. The summed E-state index contributed by atoms with van der Waals surface area (Å²) in [6.45, 7) is 1.38. The summed E-state index contributed by atoms with van der Waals surface area (Å²) in [6, 6.07) is 0. The molecule has 1 N–H and O–H groups in total. The molecule has 0 unspecified atom stereocenters. The molecule has 5 nitrogen and oxygen atoms in total. The van der Waals surface area contributed by atoms with E-state index >= 15 is 0 Å². The molecule has 0 aromatic heterocycles. The van der Waals surface area contributed by atoms with E-state index in [2.05, 4.69) is 21.4 Å². The fraction of sp³-hybridized carbons (Fsp3) is 0.556. The van der Waals surface area contributed by atoms with Crippen LogP contribution in [0.15, 0.2) is 0 Å². The number of hydrogen-bond acceptors (Lipinski definition) is 4. The number of rotatable bonds is 2. The molecule has 17 heavy (non-hydrogen) atoms. The Labute approximate surface area is 114 Å². The topological polar surface area (TPSA) is 64.6 Å². The van der Waals surface area contributed by atoms with Gasteiger partial charge in [0.05, 0.1) is 0 Å². The van der Waals surface area contributed by atoms with Gasteiger partial charge in [0, 0.05) is 6.42 Å². The highest BCUT2D eigenvalue weighted by molar-refractivity contribution is 6.67. The Morgan fingerprint density at radius 3 is 2.47 bits per heavy atom. The second-order valence-electron chi connectivity index (χ2n) is 2.65. The van der Waals surface area contributed by atoms with E-state index in [-0.39, 0.29) is 6.42 Å². The molecule has 0 aliphatic heterocycles. The van der Waals surface area contributed by atoms with Crippen molar-refractivity contribution in [2.75, 3.05) is 6.61 Å². The minimum absolute atomic E-state index is 0.126. The van der Waals surface area contributed by atoms with Crippen LogP contribution in [0.25, 0.3) is 0 Å². The molecule has 0 aliphatic rings. The lowest BCUT2D eigenvalue weighted by Crippen LogP contribution is -2.30. The molecule has 0 aromatic carbocycles. The maximum absolute atomic E-state index is 11.0. The average molecular weight is 303 g/mol. The highest BCUT2D eigenvalue weighted by Crippen LogP contribution is 2.25. The zero-order chi connectivity index (χ0) is 13.3. The molecule has 0 spiro atoms. The van der Waals surface area contributed by atoms with Gasteiger partial charge in [-0.05, 0) is 0 Å². The van der Waals surface area contributed by atoms with Crippen molar-refractivity contribution in [1.29, 1.82) is 0 Å². The van der Waals surface area contributed by atoms with Crippen LogP contribution in [-0.2, 0) is 14.4 Å². The maximum Gasteiger partial charge on any atom is 0.440 e. The lowest BCUT2D eigenvalue weighted by Gasteiger charge is -2.11. The summed E-state index contributed by atoms with van der Waals surface area (Å²) >= 11 is 16.0. The standard InChI is InChI=1S/C9H10Cl3NO4/c1-2-3-4-5-7(14)17-13-8(15)16-6-9(10,11)12/h2,5-6H2,1H3,(H,13,15). The number of hydrogen-bond donors (Lipinski definition) is 1.